The monoisotopic (exact) mass is 424 g/mol. The highest BCUT2D eigenvalue weighted by Gasteiger charge is 2.30. The molecular formula is C25H32N2O2S. The number of benzene rings is 2. The van der Waals surface area contributed by atoms with Gasteiger partial charge < -0.3 is 19.1 Å². The molecule has 1 unspecified atom stereocenters. The number of rotatable bonds is 8. The van der Waals surface area contributed by atoms with Crippen LogP contribution >= 0.6 is 11.9 Å². The van der Waals surface area contributed by atoms with E-state index in [-0.39, 0.29) is 6.04 Å². The van der Waals surface area contributed by atoms with Crippen LogP contribution in [0.1, 0.15) is 49.3 Å². The predicted molar refractivity (Wildman–Crippen MR) is 124 cm³/mol. The molecule has 1 heterocycles. The molecule has 1 atom stereocenters. The Labute approximate surface area is 184 Å². The van der Waals surface area contributed by atoms with Crippen LogP contribution in [0, 0.1) is 0 Å². The maximum atomic E-state index is 6.12. The van der Waals surface area contributed by atoms with Gasteiger partial charge in [0.15, 0.2) is 0 Å². The van der Waals surface area contributed by atoms with E-state index in [1.807, 2.05) is 18.0 Å². The van der Waals surface area contributed by atoms with E-state index >= 15 is 0 Å². The molecule has 0 fully saturated rings. The van der Waals surface area contributed by atoms with E-state index in [0.29, 0.717) is 6.61 Å². The van der Waals surface area contributed by atoms with Crippen molar-refractivity contribution in [1.29, 1.82) is 0 Å². The van der Waals surface area contributed by atoms with Gasteiger partial charge in [-0.05, 0) is 79.4 Å². The van der Waals surface area contributed by atoms with Crippen molar-refractivity contribution < 1.29 is 9.47 Å². The number of allylic oxidation sites excluding steroid dienone is 1. The van der Waals surface area contributed by atoms with Gasteiger partial charge in [0.05, 0.1) is 6.04 Å². The fourth-order valence-corrected chi connectivity index (χ4v) is 5.41. The van der Waals surface area contributed by atoms with Gasteiger partial charge in [-0.25, -0.2) is 0 Å². The van der Waals surface area contributed by atoms with Crippen LogP contribution in [0.2, 0.25) is 0 Å². The van der Waals surface area contributed by atoms with E-state index in [4.69, 9.17) is 9.47 Å². The highest BCUT2D eigenvalue weighted by Crippen LogP contribution is 2.46. The van der Waals surface area contributed by atoms with Gasteiger partial charge in [0.1, 0.15) is 12.4 Å². The molecule has 4 rings (SSSR count). The summed E-state index contributed by atoms with van der Waals surface area (Å²) >= 11 is 1.83. The summed E-state index contributed by atoms with van der Waals surface area (Å²) in [6, 6.07) is 17.2. The Bertz CT molecular complexity index is 869. The number of methoxy groups -OCH3 is 1. The quantitative estimate of drug-likeness (QED) is 0.433. The summed E-state index contributed by atoms with van der Waals surface area (Å²) in [5.41, 5.74) is 5.61. The van der Waals surface area contributed by atoms with Crippen molar-refractivity contribution in [2.45, 2.75) is 49.6 Å². The number of hydrogen-bond acceptors (Lipinski definition) is 5. The third-order valence-corrected chi connectivity index (χ3v) is 6.91. The first-order valence-electron chi connectivity index (χ1n) is 10.9. The van der Waals surface area contributed by atoms with E-state index in [1.54, 1.807) is 12.7 Å². The first-order chi connectivity index (χ1) is 14.8. The average molecular weight is 425 g/mol. The molecule has 1 aliphatic carbocycles. The molecule has 4 nitrogen and oxygen atoms in total. The lowest BCUT2D eigenvalue weighted by atomic mass is 9.87. The van der Waals surface area contributed by atoms with Crippen molar-refractivity contribution in [3.05, 3.63) is 70.9 Å². The van der Waals surface area contributed by atoms with Gasteiger partial charge in [0.25, 0.3) is 0 Å². The molecule has 0 saturated carbocycles. The Morgan fingerprint density at radius 2 is 1.93 bits per heavy atom. The number of fused-ring (bicyclic) bond motifs is 1. The lowest BCUT2D eigenvalue weighted by Gasteiger charge is -2.29. The largest absolute Gasteiger partial charge is 0.489 e. The Kier molecular flexibility index (Phi) is 7.37. The molecule has 0 bridgehead atoms. The van der Waals surface area contributed by atoms with Crippen molar-refractivity contribution in [2.75, 3.05) is 27.3 Å². The van der Waals surface area contributed by atoms with Crippen molar-refractivity contribution in [3.8, 4) is 5.75 Å². The minimum absolute atomic E-state index is 0.271. The number of ether oxygens (including phenoxy) is 2. The fourth-order valence-electron chi connectivity index (χ4n) is 4.33. The predicted octanol–water partition coefficient (Wildman–Crippen LogP) is 5.71. The number of nitrogens with zero attached hydrogens (tertiary/aromatic N) is 1. The second-order valence-electron chi connectivity index (χ2n) is 7.98. The van der Waals surface area contributed by atoms with Crippen molar-refractivity contribution in [2.24, 2.45) is 0 Å². The van der Waals surface area contributed by atoms with Gasteiger partial charge in [-0.2, -0.15) is 0 Å². The summed E-state index contributed by atoms with van der Waals surface area (Å²) in [5, 5.41) is 3.83. The van der Waals surface area contributed by atoms with Gasteiger partial charge in [-0.15, -0.1) is 0 Å². The van der Waals surface area contributed by atoms with Crippen LogP contribution in [-0.4, -0.2) is 31.6 Å². The first kappa shape index (κ1) is 21.3. The summed E-state index contributed by atoms with van der Waals surface area (Å²) in [7, 11) is 3.98. The third kappa shape index (κ3) is 5.02. The molecule has 2 aromatic rings. The molecule has 30 heavy (non-hydrogen) atoms. The molecule has 2 aromatic carbocycles. The summed E-state index contributed by atoms with van der Waals surface area (Å²) in [6.07, 6.45) is 5.92. The molecule has 0 amide bonds. The molecule has 1 aliphatic heterocycles. The summed E-state index contributed by atoms with van der Waals surface area (Å²) in [4.78, 5) is 1.28. The first-order valence-corrected chi connectivity index (χ1v) is 11.7. The Balaban J connectivity index is 1.57. The highest BCUT2D eigenvalue weighted by atomic mass is 32.2. The molecule has 1 N–H and O–H groups in total. The van der Waals surface area contributed by atoms with Crippen LogP contribution < -0.4 is 10.1 Å². The lowest BCUT2D eigenvalue weighted by molar-refractivity contribution is 0.193. The van der Waals surface area contributed by atoms with E-state index < -0.39 is 0 Å². The second-order valence-corrected chi connectivity index (χ2v) is 9.15. The van der Waals surface area contributed by atoms with Crippen molar-refractivity contribution >= 4 is 11.9 Å². The zero-order chi connectivity index (χ0) is 20.8. The normalized spacial score (nSPS) is 18.6. The molecule has 0 aromatic heterocycles. The molecule has 0 saturated heterocycles. The van der Waals surface area contributed by atoms with Crippen LogP contribution in [0.15, 0.2) is 64.7 Å². The van der Waals surface area contributed by atoms with Gasteiger partial charge in [0.2, 0.25) is 0 Å². The maximum Gasteiger partial charge on any atom is 0.121 e. The molecule has 0 spiro atoms. The lowest BCUT2D eigenvalue weighted by Crippen LogP contribution is -2.27. The van der Waals surface area contributed by atoms with E-state index in [2.05, 4.69) is 59.1 Å². The molecular weight excluding hydrogens is 392 g/mol. The maximum absolute atomic E-state index is 6.12. The summed E-state index contributed by atoms with van der Waals surface area (Å²) in [6.45, 7) is 2.34. The van der Waals surface area contributed by atoms with Crippen LogP contribution in [0.3, 0.4) is 0 Å². The smallest absolute Gasteiger partial charge is 0.121 e. The van der Waals surface area contributed by atoms with Crippen LogP contribution in [0.5, 0.6) is 5.75 Å². The standard InChI is InChI=1S/C25H32N2O2S/c1-27-23-12-7-6-11-21(23)25(26-15-8-16-28-2)22-14-13-20(17-24(22)30-27)29-18-19-9-4-3-5-10-19/h3-5,9-10,13-14,17,25-26H,6-8,11-12,15-16,18H2,1-2H3. The summed E-state index contributed by atoms with van der Waals surface area (Å²) < 4.78 is 13.7. The van der Waals surface area contributed by atoms with Crippen molar-refractivity contribution in [3.63, 3.8) is 0 Å². The molecule has 160 valence electrons. The fraction of sp³-hybridized carbons (Fsp3) is 0.440. The van der Waals surface area contributed by atoms with E-state index in [0.717, 1.165) is 25.3 Å². The number of nitrogens with one attached hydrogen (secondary N) is 1. The third-order valence-electron chi connectivity index (χ3n) is 5.86. The van der Waals surface area contributed by atoms with Crippen LogP contribution in [0.25, 0.3) is 0 Å². The summed E-state index contributed by atoms with van der Waals surface area (Å²) in [5.74, 6) is 0.927. The van der Waals surface area contributed by atoms with Gasteiger partial charge in [-0.1, -0.05) is 36.4 Å². The van der Waals surface area contributed by atoms with E-state index in [9.17, 15) is 0 Å². The Hall–Kier alpha value is -1.95. The number of hydrogen-bond donors (Lipinski definition) is 1. The molecule has 5 heteroatoms. The minimum atomic E-state index is 0.271. The Morgan fingerprint density at radius 1 is 1.10 bits per heavy atom. The minimum Gasteiger partial charge on any atom is -0.489 e. The average Bonchev–Trinajstić information content (AvgIpc) is 2.90. The van der Waals surface area contributed by atoms with Gasteiger partial charge in [0, 0.05) is 31.4 Å². The van der Waals surface area contributed by atoms with Crippen molar-refractivity contribution in [1.82, 2.24) is 9.62 Å². The molecule has 0 radical (unpaired) electrons. The SMILES string of the molecule is COCCCNC1C2=C(CCCC2)N(C)Sc2cc(OCc3ccccc3)ccc21. The molecule has 2 aliphatic rings. The highest BCUT2D eigenvalue weighted by molar-refractivity contribution is 7.97. The van der Waals surface area contributed by atoms with Crippen LogP contribution in [-0.2, 0) is 11.3 Å². The van der Waals surface area contributed by atoms with Gasteiger partial charge in [-0.3, -0.25) is 0 Å². The Morgan fingerprint density at radius 3 is 2.77 bits per heavy atom. The zero-order valence-electron chi connectivity index (χ0n) is 18.0. The van der Waals surface area contributed by atoms with E-state index in [1.165, 1.54) is 47.4 Å². The van der Waals surface area contributed by atoms with Gasteiger partial charge >= 0.3 is 0 Å². The zero-order valence-corrected chi connectivity index (χ0v) is 18.8. The topological polar surface area (TPSA) is 33.7 Å². The second kappa shape index (κ2) is 10.4. The van der Waals surface area contributed by atoms with Crippen LogP contribution in [0.4, 0.5) is 0 Å².